The molecule has 0 saturated carbocycles. The molecule has 3 heterocycles. The predicted molar refractivity (Wildman–Crippen MR) is 79.0 cm³/mol. The number of pyridine rings is 1. The van der Waals surface area contributed by atoms with Crippen molar-refractivity contribution in [1.82, 2.24) is 4.98 Å². The van der Waals surface area contributed by atoms with E-state index in [-0.39, 0.29) is 0 Å². The normalized spacial score (nSPS) is 10.8. The summed E-state index contributed by atoms with van der Waals surface area (Å²) in [5.41, 5.74) is 10.8. The van der Waals surface area contributed by atoms with Gasteiger partial charge in [0, 0.05) is 28.4 Å². The van der Waals surface area contributed by atoms with Crippen LogP contribution in [0.5, 0.6) is 0 Å². The highest BCUT2D eigenvalue weighted by molar-refractivity contribution is 7.20. The van der Waals surface area contributed by atoms with E-state index >= 15 is 0 Å². The van der Waals surface area contributed by atoms with E-state index in [1.807, 2.05) is 30.6 Å². The minimum atomic E-state index is 0.838. The van der Waals surface area contributed by atoms with Crippen LogP contribution in [0.3, 0.4) is 0 Å². The summed E-state index contributed by atoms with van der Waals surface area (Å²) in [4.78, 5) is 5.28. The average molecular weight is 270 g/mol. The van der Waals surface area contributed by atoms with E-state index in [4.69, 9.17) is 10.2 Å². The van der Waals surface area contributed by atoms with Gasteiger partial charge in [-0.3, -0.25) is 4.98 Å². The molecule has 0 atom stereocenters. The van der Waals surface area contributed by atoms with Crippen molar-refractivity contribution in [2.45, 2.75) is 13.3 Å². The lowest BCUT2D eigenvalue weighted by molar-refractivity contribution is 0.568. The molecule has 0 saturated heterocycles. The summed E-state index contributed by atoms with van der Waals surface area (Å²) in [6.45, 7) is 2.15. The van der Waals surface area contributed by atoms with Crippen molar-refractivity contribution in [3.05, 3.63) is 48.7 Å². The lowest BCUT2D eigenvalue weighted by Crippen LogP contribution is -1.88. The summed E-state index contributed by atoms with van der Waals surface area (Å²) < 4.78 is 5.18. The van der Waals surface area contributed by atoms with Gasteiger partial charge in [0.25, 0.3) is 0 Å². The third kappa shape index (κ3) is 2.04. The molecule has 0 radical (unpaired) electrons. The predicted octanol–water partition coefficient (Wildman–Crippen LogP) is 4.21. The van der Waals surface area contributed by atoms with Crippen LogP contribution in [0.1, 0.15) is 12.5 Å². The first kappa shape index (κ1) is 12.0. The molecule has 0 fully saturated rings. The zero-order valence-electron chi connectivity index (χ0n) is 10.6. The third-order valence-corrected chi connectivity index (χ3v) is 4.25. The molecule has 0 spiro atoms. The highest BCUT2D eigenvalue weighted by atomic mass is 32.1. The molecular weight excluding hydrogens is 256 g/mol. The maximum atomic E-state index is 6.21. The summed E-state index contributed by atoms with van der Waals surface area (Å²) in [5, 5.41) is 0.838. The number of nitrogens with two attached hydrogens (primary N) is 1. The second-order valence-electron chi connectivity index (χ2n) is 4.25. The van der Waals surface area contributed by atoms with Gasteiger partial charge < -0.3 is 10.2 Å². The number of hydrogen-bond donors (Lipinski definition) is 1. The van der Waals surface area contributed by atoms with Gasteiger partial charge in [0.2, 0.25) is 0 Å². The number of rotatable bonds is 3. The lowest BCUT2D eigenvalue weighted by atomic mass is 10.00. The number of nitrogen functional groups attached to an aromatic ring is 1. The largest absolute Gasteiger partial charge is 0.472 e. The molecule has 0 aromatic carbocycles. The molecule has 3 nitrogen and oxygen atoms in total. The molecule has 2 N–H and O–H groups in total. The summed E-state index contributed by atoms with van der Waals surface area (Å²) in [7, 11) is 0. The zero-order chi connectivity index (χ0) is 13.2. The Labute approximate surface area is 115 Å². The molecule has 3 rings (SSSR count). The first-order valence-electron chi connectivity index (χ1n) is 6.15. The van der Waals surface area contributed by atoms with Gasteiger partial charge in [0.05, 0.1) is 17.5 Å². The summed E-state index contributed by atoms with van der Waals surface area (Å²) >= 11 is 1.63. The van der Waals surface area contributed by atoms with Gasteiger partial charge in [-0.2, -0.15) is 0 Å². The Balaban J connectivity index is 2.21. The Morgan fingerprint density at radius 3 is 2.63 bits per heavy atom. The molecule has 0 aliphatic rings. The highest BCUT2D eigenvalue weighted by Crippen LogP contribution is 2.44. The van der Waals surface area contributed by atoms with E-state index in [0.717, 1.165) is 22.5 Å². The third-order valence-electron chi connectivity index (χ3n) is 3.14. The Kier molecular flexibility index (Phi) is 3.09. The number of furan rings is 1. The first-order valence-corrected chi connectivity index (χ1v) is 6.97. The van der Waals surface area contributed by atoms with Crippen LogP contribution >= 0.6 is 11.3 Å². The SMILES string of the molecule is CCc1c(-c2ccncc2)sc(N)c1-c1ccoc1. The molecule has 0 amide bonds. The van der Waals surface area contributed by atoms with E-state index in [1.54, 1.807) is 23.9 Å². The molecular formula is C15H14N2OS. The van der Waals surface area contributed by atoms with Gasteiger partial charge >= 0.3 is 0 Å². The number of thiophene rings is 1. The topological polar surface area (TPSA) is 52.0 Å². The Hall–Kier alpha value is -2.07. The number of aromatic nitrogens is 1. The molecule has 3 aromatic rings. The maximum absolute atomic E-state index is 6.21. The van der Waals surface area contributed by atoms with Crippen molar-refractivity contribution >= 4 is 16.3 Å². The van der Waals surface area contributed by atoms with Crippen LogP contribution in [0, 0.1) is 0 Å². The molecule has 0 aliphatic carbocycles. The van der Waals surface area contributed by atoms with Gasteiger partial charge in [0.15, 0.2) is 0 Å². The maximum Gasteiger partial charge on any atom is 0.0982 e. The van der Waals surface area contributed by atoms with Crippen LogP contribution in [-0.4, -0.2) is 4.98 Å². The fourth-order valence-electron chi connectivity index (χ4n) is 2.28. The second-order valence-corrected chi connectivity index (χ2v) is 5.30. The monoisotopic (exact) mass is 270 g/mol. The quantitative estimate of drug-likeness (QED) is 0.775. The van der Waals surface area contributed by atoms with Crippen molar-refractivity contribution in [1.29, 1.82) is 0 Å². The van der Waals surface area contributed by atoms with E-state index in [9.17, 15) is 0 Å². The Bertz CT molecular complexity index is 672. The summed E-state index contributed by atoms with van der Waals surface area (Å²) in [5.74, 6) is 0. The van der Waals surface area contributed by atoms with Crippen LogP contribution in [0.15, 0.2) is 47.5 Å². The summed E-state index contributed by atoms with van der Waals surface area (Å²) in [6, 6.07) is 5.99. The van der Waals surface area contributed by atoms with Crippen molar-refractivity contribution in [3.8, 4) is 21.6 Å². The summed E-state index contributed by atoms with van der Waals surface area (Å²) in [6.07, 6.45) is 7.97. The van der Waals surface area contributed by atoms with E-state index in [2.05, 4.69) is 11.9 Å². The van der Waals surface area contributed by atoms with Gasteiger partial charge in [0.1, 0.15) is 0 Å². The van der Waals surface area contributed by atoms with Crippen molar-refractivity contribution in [2.24, 2.45) is 0 Å². The van der Waals surface area contributed by atoms with E-state index in [1.165, 1.54) is 16.0 Å². The van der Waals surface area contributed by atoms with E-state index in [0.29, 0.717) is 0 Å². The Morgan fingerprint density at radius 1 is 1.21 bits per heavy atom. The minimum absolute atomic E-state index is 0.838. The smallest absolute Gasteiger partial charge is 0.0982 e. The van der Waals surface area contributed by atoms with Crippen molar-refractivity contribution < 1.29 is 4.42 Å². The van der Waals surface area contributed by atoms with Crippen LogP contribution < -0.4 is 5.73 Å². The second kappa shape index (κ2) is 4.90. The fraction of sp³-hybridized carbons (Fsp3) is 0.133. The van der Waals surface area contributed by atoms with E-state index < -0.39 is 0 Å². The van der Waals surface area contributed by atoms with Crippen molar-refractivity contribution in [2.75, 3.05) is 5.73 Å². The van der Waals surface area contributed by atoms with Crippen LogP contribution in [0.4, 0.5) is 5.00 Å². The fourth-order valence-corrected chi connectivity index (χ4v) is 3.47. The van der Waals surface area contributed by atoms with Crippen molar-refractivity contribution in [3.63, 3.8) is 0 Å². The van der Waals surface area contributed by atoms with Crippen LogP contribution in [0.2, 0.25) is 0 Å². The van der Waals surface area contributed by atoms with Gasteiger partial charge in [-0.25, -0.2) is 0 Å². The van der Waals surface area contributed by atoms with Crippen LogP contribution in [-0.2, 0) is 6.42 Å². The molecule has 0 unspecified atom stereocenters. The van der Waals surface area contributed by atoms with Gasteiger partial charge in [-0.1, -0.05) is 6.92 Å². The zero-order valence-corrected chi connectivity index (χ0v) is 11.4. The molecule has 19 heavy (non-hydrogen) atoms. The average Bonchev–Trinajstić information content (AvgIpc) is 3.06. The molecule has 4 heteroatoms. The Morgan fingerprint density at radius 2 is 2.00 bits per heavy atom. The molecule has 0 aliphatic heterocycles. The van der Waals surface area contributed by atoms with Crippen LogP contribution in [0.25, 0.3) is 21.6 Å². The first-order chi connectivity index (χ1) is 9.31. The number of nitrogens with zero attached hydrogens (tertiary/aromatic N) is 1. The molecule has 96 valence electrons. The van der Waals surface area contributed by atoms with Gasteiger partial charge in [-0.05, 0) is 35.7 Å². The minimum Gasteiger partial charge on any atom is -0.472 e. The number of hydrogen-bond acceptors (Lipinski definition) is 4. The molecule has 0 bridgehead atoms. The lowest BCUT2D eigenvalue weighted by Gasteiger charge is -2.04. The molecule has 3 aromatic heterocycles. The standard InChI is InChI=1S/C15H14N2OS/c1-2-12-13(11-5-8-18-9-11)15(16)19-14(12)10-3-6-17-7-4-10/h3-9H,2,16H2,1H3. The highest BCUT2D eigenvalue weighted by Gasteiger charge is 2.18. The number of anilines is 1. The van der Waals surface area contributed by atoms with Gasteiger partial charge in [-0.15, -0.1) is 11.3 Å².